The van der Waals surface area contributed by atoms with Crippen molar-refractivity contribution >= 4 is 35.0 Å². The molecule has 0 aliphatic carbocycles. The Labute approximate surface area is 233 Å². The summed E-state index contributed by atoms with van der Waals surface area (Å²) in [5.74, 6) is -0.715. The molecule has 1 aromatic heterocycles. The number of allylic oxidation sites excluding steroid dienone is 1. The summed E-state index contributed by atoms with van der Waals surface area (Å²) in [5, 5.41) is 13.6. The van der Waals surface area contributed by atoms with E-state index < -0.39 is 18.6 Å². The van der Waals surface area contributed by atoms with Crippen LogP contribution in [0, 0.1) is 0 Å². The summed E-state index contributed by atoms with van der Waals surface area (Å²) in [5.41, 5.74) is 2.60. The molecule has 0 unspecified atom stereocenters. The number of carboxylic acid groups (broad SMARTS) is 1. The van der Waals surface area contributed by atoms with Crippen molar-refractivity contribution in [1.29, 1.82) is 0 Å². The molecule has 0 radical (unpaired) electrons. The number of hydrogen-bond acceptors (Lipinski definition) is 8. The molecule has 202 valence electrons. The number of nitrogens with one attached hydrogen (secondary N) is 1. The Balaban J connectivity index is 1.59. The molecule has 9 nitrogen and oxygen atoms in total. The van der Waals surface area contributed by atoms with Crippen LogP contribution in [0.15, 0.2) is 99.9 Å². The Morgan fingerprint density at radius 1 is 1.05 bits per heavy atom. The number of carbonyl (C=O) groups is 2. The standard InChI is InChI=1S/C30H25N3O6S/c1-18-26(28(36)32-21-8-4-3-5-9-21)27(20-7-6-10-23(16-20)38-2)33-29(37)24(40-30(33)31-18)15-19-11-13-22(14-12-19)39-17-25(34)35/h3-16,27H,17H2,1-2H3,(H,32,36)(H,34,35)/p-1/b24-15-/t27-/m0/s1. The SMILES string of the molecule is COc1cccc([C@H]2C(C(=O)Nc3ccccc3)=C(C)N=c3s/c(=C\c4ccc(OCC(=O)[O-])cc4)c(=O)n32)c1. The van der Waals surface area contributed by atoms with Crippen molar-refractivity contribution in [2.75, 3.05) is 19.0 Å². The van der Waals surface area contributed by atoms with Crippen molar-refractivity contribution in [3.8, 4) is 11.5 Å². The Morgan fingerprint density at radius 3 is 2.50 bits per heavy atom. The molecule has 40 heavy (non-hydrogen) atoms. The summed E-state index contributed by atoms with van der Waals surface area (Å²) < 4.78 is 12.5. The van der Waals surface area contributed by atoms with Crippen LogP contribution in [0.3, 0.4) is 0 Å². The van der Waals surface area contributed by atoms with Gasteiger partial charge in [0.15, 0.2) is 4.80 Å². The average Bonchev–Trinajstić information content (AvgIpc) is 3.26. The summed E-state index contributed by atoms with van der Waals surface area (Å²) in [4.78, 5) is 43.2. The van der Waals surface area contributed by atoms with E-state index in [0.29, 0.717) is 48.9 Å². The molecule has 1 amide bonds. The van der Waals surface area contributed by atoms with Gasteiger partial charge in [-0.25, -0.2) is 4.99 Å². The number of hydrogen-bond donors (Lipinski definition) is 1. The van der Waals surface area contributed by atoms with E-state index in [-0.39, 0.29) is 11.5 Å². The molecule has 0 fully saturated rings. The largest absolute Gasteiger partial charge is 0.546 e. The maximum absolute atomic E-state index is 13.8. The maximum atomic E-state index is 13.8. The van der Waals surface area contributed by atoms with E-state index in [4.69, 9.17) is 9.47 Å². The molecular formula is C30H24N3O6S-. The predicted molar refractivity (Wildman–Crippen MR) is 149 cm³/mol. The lowest BCUT2D eigenvalue weighted by atomic mass is 9.95. The lowest BCUT2D eigenvalue weighted by molar-refractivity contribution is -0.307. The van der Waals surface area contributed by atoms with Gasteiger partial charge in [-0.3, -0.25) is 14.2 Å². The number of para-hydroxylation sites is 1. The molecule has 2 heterocycles. The molecule has 0 saturated heterocycles. The van der Waals surface area contributed by atoms with E-state index in [1.54, 1.807) is 62.6 Å². The molecule has 0 saturated carbocycles. The number of thiazole rings is 1. The monoisotopic (exact) mass is 554 g/mol. The van der Waals surface area contributed by atoms with Crippen molar-refractivity contribution in [3.05, 3.63) is 121 Å². The number of amides is 1. The first-order valence-corrected chi connectivity index (χ1v) is 13.1. The number of aliphatic carboxylic acids is 1. The molecule has 0 bridgehead atoms. The highest BCUT2D eigenvalue weighted by molar-refractivity contribution is 7.07. The first-order valence-electron chi connectivity index (χ1n) is 12.3. The van der Waals surface area contributed by atoms with Crippen LogP contribution in [0.4, 0.5) is 5.69 Å². The first-order chi connectivity index (χ1) is 19.3. The number of nitrogens with zero attached hydrogens (tertiary/aromatic N) is 2. The normalized spacial score (nSPS) is 14.8. The third kappa shape index (κ3) is 5.57. The van der Waals surface area contributed by atoms with Crippen LogP contribution in [-0.2, 0) is 9.59 Å². The third-order valence-corrected chi connectivity index (χ3v) is 7.22. The van der Waals surface area contributed by atoms with Crippen LogP contribution in [0.2, 0.25) is 0 Å². The fraction of sp³-hybridized carbons (Fsp3) is 0.133. The molecule has 5 rings (SSSR count). The smallest absolute Gasteiger partial charge is 0.271 e. The molecule has 3 aromatic carbocycles. The number of aromatic nitrogens is 1. The summed E-state index contributed by atoms with van der Waals surface area (Å²) in [6, 6.07) is 22.3. The fourth-order valence-corrected chi connectivity index (χ4v) is 5.46. The highest BCUT2D eigenvalue weighted by Gasteiger charge is 2.32. The Morgan fingerprint density at radius 2 is 1.80 bits per heavy atom. The Kier molecular flexibility index (Phi) is 7.61. The molecule has 1 atom stereocenters. The molecular weight excluding hydrogens is 530 g/mol. The lowest BCUT2D eigenvalue weighted by Crippen LogP contribution is -2.40. The average molecular weight is 555 g/mol. The van der Waals surface area contributed by atoms with E-state index in [1.807, 2.05) is 36.4 Å². The van der Waals surface area contributed by atoms with Crippen molar-refractivity contribution in [2.45, 2.75) is 13.0 Å². The minimum absolute atomic E-state index is 0.300. The second kappa shape index (κ2) is 11.4. The number of rotatable bonds is 8. The zero-order valence-electron chi connectivity index (χ0n) is 21.6. The van der Waals surface area contributed by atoms with Crippen LogP contribution < -0.4 is 34.8 Å². The second-order valence-electron chi connectivity index (χ2n) is 8.91. The molecule has 10 heteroatoms. The number of anilines is 1. The van der Waals surface area contributed by atoms with Crippen LogP contribution in [0.1, 0.15) is 24.1 Å². The Bertz CT molecular complexity index is 1790. The number of carbonyl (C=O) groups excluding carboxylic acids is 2. The van der Waals surface area contributed by atoms with E-state index >= 15 is 0 Å². The zero-order chi connectivity index (χ0) is 28.2. The topological polar surface area (TPSA) is 122 Å². The van der Waals surface area contributed by atoms with Gasteiger partial charge in [-0.1, -0.05) is 53.8 Å². The van der Waals surface area contributed by atoms with Gasteiger partial charge in [0.05, 0.1) is 34.9 Å². The number of fused-ring (bicyclic) bond motifs is 1. The summed E-state index contributed by atoms with van der Waals surface area (Å²) in [6.45, 7) is 1.21. The molecule has 0 spiro atoms. The van der Waals surface area contributed by atoms with E-state index in [0.717, 1.165) is 0 Å². The summed E-state index contributed by atoms with van der Waals surface area (Å²) >= 11 is 1.22. The lowest BCUT2D eigenvalue weighted by Gasteiger charge is -2.25. The summed E-state index contributed by atoms with van der Waals surface area (Å²) in [7, 11) is 1.56. The minimum Gasteiger partial charge on any atom is -0.546 e. The van der Waals surface area contributed by atoms with Crippen LogP contribution >= 0.6 is 11.3 Å². The van der Waals surface area contributed by atoms with Gasteiger partial charge >= 0.3 is 0 Å². The van der Waals surface area contributed by atoms with E-state index in [2.05, 4.69) is 10.3 Å². The summed E-state index contributed by atoms with van der Waals surface area (Å²) in [6.07, 6.45) is 1.72. The number of ether oxygens (including phenoxy) is 2. The number of carboxylic acids is 1. The minimum atomic E-state index is -1.32. The fourth-order valence-electron chi connectivity index (χ4n) is 4.41. The molecule has 1 N–H and O–H groups in total. The maximum Gasteiger partial charge on any atom is 0.271 e. The van der Waals surface area contributed by atoms with Gasteiger partial charge in [-0.2, -0.15) is 0 Å². The van der Waals surface area contributed by atoms with E-state index in [9.17, 15) is 19.5 Å². The van der Waals surface area contributed by atoms with Gasteiger partial charge in [0.2, 0.25) is 0 Å². The van der Waals surface area contributed by atoms with Crippen LogP contribution in [0.5, 0.6) is 11.5 Å². The van der Waals surface area contributed by atoms with Crippen molar-refractivity contribution in [2.24, 2.45) is 4.99 Å². The van der Waals surface area contributed by atoms with Gasteiger partial charge in [0.25, 0.3) is 11.5 Å². The van der Waals surface area contributed by atoms with Crippen LogP contribution in [0.25, 0.3) is 6.08 Å². The molecule has 1 aliphatic heterocycles. The highest BCUT2D eigenvalue weighted by Crippen LogP contribution is 2.32. The number of methoxy groups -OCH3 is 1. The first kappa shape index (κ1) is 26.6. The van der Waals surface area contributed by atoms with Gasteiger partial charge < -0.3 is 24.7 Å². The quantitative estimate of drug-likeness (QED) is 0.356. The van der Waals surface area contributed by atoms with Crippen molar-refractivity contribution < 1.29 is 24.2 Å². The van der Waals surface area contributed by atoms with Gasteiger partial charge in [0.1, 0.15) is 18.1 Å². The van der Waals surface area contributed by atoms with Crippen molar-refractivity contribution in [1.82, 2.24) is 4.57 Å². The third-order valence-electron chi connectivity index (χ3n) is 6.24. The highest BCUT2D eigenvalue weighted by atomic mass is 32.1. The Hall–Kier alpha value is -4.96. The van der Waals surface area contributed by atoms with Gasteiger partial charge in [-0.05, 0) is 60.5 Å². The molecule has 4 aromatic rings. The number of benzene rings is 3. The van der Waals surface area contributed by atoms with Crippen molar-refractivity contribution in [3.63, 3.8) is 0 Å². The van der Waals surface area contributed by atoms with Gasteiger partial charge in [-0.15, -0.1) is 0 Å². The molecule has 1 aliphatic rings. The predicted octanol–water partition coefficient (Wildman–Crippen LogP) is 2.01. The van der Waals surface area contributed by atoms with Gasteiger partial charge in [0, 0.05) is 5.69 Å². The van der Waals surface area contributed by atoms with Crippen LogP contribution in [-0.4, -0.2) is 30.2 Å². The zero-order valence-corrected chi connectivity index (χ0v) is 22.4. The van der Waals surface area contributed by atoms with E-state index in [1.165, 1.54) is 15.9 Å². The second-order valence-corrected chi connectivity index (χ2v) is 9.92.